The molecule has 2 aromatic carbocycles. The first-order chi connectivity index (χ1) is 9.78. The molecule has 1 aromatic heterocycles. The number of rotatable bonds is 4. The second kappa shape index (κ2) is 5.17. The molecule has 0 aliphatic rings. The van der Waals surface area contributed by atoms with Crippen LogP contribution in [0, 0.1) is 0 Å². The average molecular weight is 266 g/mol. The summed E-state index contributed by atoms with van der Waals surface area (Å²) in [6.45, 7) is 0. The van der Waals surface area contributed by atoms with Crippen molar-refractivity contribution in [3.8, 4) is 5.75 Å². The number of benzene rings is 2. The lowest BCUT2D eigenvalue weighted by atomic mass is 10.1. The van der Waals surface area contributed by atoms with Gasteiger partial charge in [-0.15, -0.1) is 0 Å². The van der Waals surface area contributed by atoms with Crippen molar-refractivity contribution in [2.75, 3.05) is 7.11 Å². The number of aldehydes is 1. The van der Waals surface area contributed by atoms with Crippen molar-refractivity contribution >= 4 is 17.3 Å². The lowest BCUT2D eigenvalue weighted by Gasteiger charge is -2.01. The van der Waals surface area contributed by atoms with Crippen molar-refractivity contribution in [3.63, 3.8) is 0 Å². The minimum atomic E-state index is 0.650. The number of aromatic amines is 1. The summed E-state index contributed by atoms with van der Waals surface area (Å²) in [5.74, 6) is 1.72. The van der Waals surface area contributed by atoms with E-state index in [9.17, 15) is 4.79 Å². The van der Waals surface area contributed by atoms with E-state index < -0.39 is 0 Å². The van der Waals surface area contributed by atoms with Crippen LogP contribution >= 0.6 is 0 Å². The Kier molecular flexibility index (Phi) is 3.21. The quantitative estimate of drug-likeness (QED) is 0.739. The Hall–Kier alpha value is -2.62. The summed E-state index contributed by atoms with van der Waals surface area (Å²) < 4.78 is 5.14. The average Bonchev–Trinajstić information content (AvgIpc) is 2.89. The number of methoxy groups -OCH3 is 1. The van der Waals surface area contributed by atoms with Gasteiger partial charge in [-0.1, -0.05) is 12.1 Å². The van der Waals surface area contributed by atoms with Gasteiger partial charge in [0.2, 0.25) is 0 Å². The number of nitrogens with zero attached hydrogens (tertiary/aromatic N) is 1. The molecular formula is C16H14N2O2. The number of carbonyl (C=O) groups is 1. The van der Waals surface area contributed by atoms with Crippen LogP contribution in [0.25, 0.3) is 11.0 Å². The molecule has 0 amide bonds. The third-order valence-electron chi connectivity index (χ3n) is 3.22. The maximum absolute atomic E-state index is 10.8. The molecule has 0 spiro atoms. The van der Waals surface area contributed by atoms with E-state index in [1.807, 2.05) is 36.4 Å². The van der Waals surface area contributed by atoms with Crippen molar-refractivity contribution in [2.45, 2.75) is 6.42 Å². The van der Waals surface area contributed by atoms with Crippen LogP contribution in [0.3, 0.4) is 0 Å². The zero-order valence-corrected chi connectivity index (χ0v) is 11.1. The Morgan fingerprint density at radius 1 is 1.20 bits per heavy atom. The van der Waals surface area contributed by atoms with Crippen LogP contribution in [-0.2, 0) is 6.42 Å². The Morgan fingerprint density at radius 2 is 2.00 bits per heavy atom. The fraction of sp³-hybridized carbons (Fsp3) is 0.125. The molecule has 0 saturated carbocycles. The molecule has 0 bridgehead atoms. The van der Waals surface area contributed by atoms with Gasteiger partial charge in [0.25, 0.3) is 0 Å². The van der Waals surface area contributed by atoms with E-state index in [-0.39, 0.29) is 0 Å². The van der Waals surface area contributed by atoms with Gasteiger partial charge < -0.3 is 9.72 Å². The SMILES string of the molecule is COc1ccc(Cc2nc3ccc(C=O)cc3[nH]2)cc1. The Bertz CT molecular complexity index is 745. The normalized spacial score (nSPS) is 10.7. The third-order valence-corrected chi connectivity index (χ3v) is 3.22. The van der Waals surface area contributed by atoms with E-state index >= 15 is 0 Å². The van der Waals surface area contributed by atoms with Crippen molar-refractivity contribution in [1.82, 2.24) is 9.97 Å². The van der Waals surface area contributed by atoms with Crippen LogP contribution in [0.1, 0.15) is 21.7 Å². The lowest BCUT2D eigenvalue weighted by Crippen LogP contribution is -1.91. The molecule has 0 saturated heterocycles. The standard InChI is InChI=1S/C16H14N2O2/c1-20-13-5-2-11(3-6-13)9-16-17-14-7-4-12(10-19)8-15(14)18-16/h2-8,10H,9H2,1H3,(H,17,18). The van der Waals surface area contributed by atoms with Crippen LogP contribution < -0.4 is 4.74 Å². The highest BCUT2D eigenvalue weighted by Gasteiger charge is 2.05. The predicted molar refractivity (Wildman–Crippen MR) is 77.3 cm³/mol. The third kappa shape index (κ3) is 2.40. The molecule has 20 heavy (non-hydrogen) atoms. The van der Waals surface area contributed by atoms with Crippen LogP contribution in [0.5, 0.6) is 5.75 Å². The Labute approximate surface area is 116 Å². The van der Waals surface area contributed by atoms with E-state index in [1.165, 1.54) is 0 Å². The number of nitrogens with one attached hydrogen (secondary N) is 1. The zero-order chi connectivity index (χ0) is 13.9. The molecule has 0 fully saturated rings. The van der Waals surface area contributed by atoms with Crippen LogP contribution in [0.15, 0.2) is 42.5 Å². The molecular weight excluding hydrogens is 252 g/mol. The summed E-state index contributed by atoms with van der Waals surface area (Å²) in [5, 5.41) is 0. The molecule has 0 radical (unpaired) electrons. The molecule has 3 aromatic rings. The van der Waals surface area contributed by atoms with Gasteiger partial charge in [0.15, 0.2) is 0 Å². The predicted octanol–water partition coefficient (Wildman–Crippen LogP) is 2.97. The van der Waals surface area contributed by atoms with Crippen molar-refractivity contribution < 1.29 is 9.53 Å². The fourth-order valence-corrected chi connectivity index (χ4v) is 2.17. The van der Waals surface area contributed by atoms with Gasteiger partial charge in [0.05, 0.1) is 18.1 Å². The fourth-order valence-electron chi connectivity index (χ4n) is 2.17. The van der Waals surface area contributed by atoms with Crippen molar-refractivity contribution in [2.24, 2.45) is 0 Å². The monoisotopic (exact) mass is 266 g/mol. The maximum atomic E-state index is 10.8. The second-order valence-electron chi connectivity index (χ2n) is 4.60. The molecule has 0 atom stereocenters. The largest absolute Gasteiger partial charge is 0.497 e. The minimum Gasteiger partial charge on any atom is -0.497 e. The smallest absolute Gasteiger partial charge is 0.150 e. The number of H-pyrrole nitrogens is 1. The number of fused-ring (bicyclic) bond motifs is 1. The molecule has 1 N–H and O–H groups in total. The minimum absolute atomic E-state index is 0.650. The van der Waals surface area contributed by atoms with Gasteiger partial charge in [-0.3, -0.25) is 4.79 Å². The Balaban J connectivity index is 1.87. The molecule has 4 nitrogen and oxygen atoms in total. The summed E-state index contributed by atoms with van der Waals surface area (Å²) in [7, 11) is 1.65. The molecule has 100 valence electrons. The first-order valence-corrected chi connectivity index (χ1v) is 6.35. The molecule has 0 unspecified atom stereocenters. The number of hydrogen-bond donors (Lipinski definition) is 1. The van der Waals surface area contributed by atoms with E-state index in [0.717, 1.165) is 40.9 Å². The summed E-state index contributed by atoms with van der Waals surface area (Å²) >= 11 is 0. The number of hydrogen-bond acceptors (Lipinski definition) is 3. The van der Waals surface area contributed by atoms with Crippen LogP contribution in [-0.4, -0.2) is 23.4 Å². The van der Waals surface area contributed by atoms with E-state index in [0.29, 0.717) is 5.56 Å². The van der Waals surface area contributed by atoms with Crippen molar-refractivity contribution in [3.05, 3.63) is 59.4 Å². The van der Waals surface area contributed by atoms with Crippen LogP contribution in [0.4, 0.5) is 0 Å². The summed E-state index contributed by atoms with van der Waals surface area (Å²) in [4.78, 5) is 18.5. The molecule has 1 heterocycles. The highest BCUT2D eigenvalue weighted by Crippen LogP contribution is 2.17. The maximum Gasteiger partial charge on any atom is 0.150 e. The number of aromatic nitrogens is 2. The topological polar surface area (TPSA) is 55.0 Å². The Morgan fingerprint density at radius 3 is 2.70 bits per heavy atom. The highest BCUT2D eigenvalue weighted by atomic mass is 16.5. The number of carbonyl (C=O) groups excluding carboxylic acids is 1. The molecule has 0 aliphatic carbocycles. The van der Waals surface area contributed by atoms with Gasteiger partial charge in [0.1, 0.15) is 17.9 Å². The highest BCUT2D eigenvalue weighted by molar-refractivity contribution is 5.84. The van der Waals surface area contributed by atoms with E-state index in [2.05, 4.69) is 9.97 Å². The van der Waals surface area contributed by atoms with Gasteiger partial charge in [-0.25, -0.2) is 4.98 Å². The van der Waals surface area contributed by atoms with Gasteiger partial charge in [-0.05, 0) is 35.9 Å². The molecule has 3 rings (SSSR count). The van der Waals surface area contributed by atoms with Gasteiger partial charge >= 0.3 is 0 Å². The first kappa shape index (κ1) is 12.4. The molecule has 4 heteroatoms. The number of imidazole rings is 1. The van der Waals surface area contributed by atoms with Gasteiger partial charge in [-0.2, -0.15) is 0 Å². The zero-order valence-electron chi connectivity index (χ0n) is 11.1. The van der Waals surface area contributed by atoms with Crippen molar-refractivity contribution in [1.29, 1.82) is 0 Å². The van der Waals surface area contributed by atoms with Crippen LogP contribution in [0.2, 0.25) is 0 Å². The van der Waals surface area contributed by atoms with E-state index in [4.69, 9.17) is 4.74 Å². The number of ether oxygens (including phenoxy) is 1. The molecule has 0 aliphatic heterocycles. The second-order valence-corrected chi connectivity index (χ2v) is 4.60. The van der Waals surface area contributed by atoms with Gasteiger partial charge in [0, 0.05) is 12.0 Å². The lowest BCUT2D eigenvalue weighted by molar-refractivity contribution is 0.112. The summed E-state index contributed by atoms with van der Waals surface area (Å²) in [5.41, 5.74) is 3.56. The summed E-state index contributed by atoms with van der Waals surface area (Å²) in [6, 6.07) is 13.3. The first-order valence-electron chi connectivity index (χ1n) is 6.35. The van der Waals surface area contributed by atoms with E-state index in [1.54, 1.807) is 13.2 Å². The summed E-state index contributed by atoms with van der Waals surface area (Å²) in [6.07, 6.45) is 1.55.